The molecule has 1 unspecified atom stereocenters. The predicted molar refractivity (Wildman–Crippen MR) is 94.0 cm³/mol. The van der Waals surface area contributed by atoms with E-state index in [2.05, 4.69) is 77.0 Å². The molecule has 21 heavy (non-hydrogen) atoms. The van der Waals surface area contributed by atoms with Gasteiger partial charge in [0.15, 0.2) is 0 Å². The zero-order valence-electron chi connectivity index (χ0n) is 15.1. The summed E-state index contributed by atoms with van der Waals surface area (Å²) in [6, 6.07) is 7.27. The summed E-state index contributed by atoms with van der Waals surface area (Å²) in [5.41, 5.74) is 4.40. The molecule has 1 N–H and O–H groups in total. The predicted octanol–water partition coefficient (Wildman–Crippen LogP) is 4.46. The van der Waals surface area contributed by atoms with Crippen LogP contribution in [0.4, 0.5) is 0 Å². The van der Waals surface area contributed by atoms with Crippen LogP contribution in [0.2, 0.25) is 0 Å². The highest BCUT2D eigenvalue weighted by Gasteiger charge is 2.24. The second kappa shape index (κ2) is 7.95. The van der Waals surface area contributed by atoms with Gasteiger partial charge in [-0.25, -0.2) is 0 Å². The maximum atomic E-state index is 3.72. The van der Waals surface area contributed by atoms with E-state index in [1.165, 1.54) is 23.1 Å². The molecule has 0 amide bonds. The summed E-state index contributed by atoms with van der Waals surface area (Å²) in [7, 11) is 2.24. The van der Waals surface area contributed by atoms with Crippen molar-refractivity contribution in [1.29, 1.82) is 0 Å². The van der Waals surface area contributed by atoms with E-state index in [1.807, 2.05) is 0 Å². The summed E-state index contributed by atoms with van der Waals surface area (Å²) in [6.07, 6.45) is 2.33. The van der Waals surface area contributed by atoms with Crippen LogP contribution in [0.3, 0.4) is 0 Å². The summed E-state index contributed by atoms with van der Waals surface area (Å²) in [5.74, 6) is 0. The highest BCUT2D eigenvalue weighted by atomic mass is 15.2. The average molecular weight is 290 g/mol. The molecular weight excluding hydrogens is 256 g/mol. The fourth-order valence-electron chi connectivity index (χ4n) is 2.38. The molecule has 0 aliphatic carbocycles. The van der Waals surface area contributed by atoms with E-state index in [0.717, 1.165) is 19.5 Å². The van der Waals surface area contributed by atoms with Crippen LogP contribution in [-0.2, 0) is 0 Å². The molecule has 2 nitrogen and oxygen atoms in total. The van der Waals surface area contributed by atoms with Crippen LogP contribution in [0, 0.1) is 13.8 Å². The van der Waals surface area contributed by atoms with Crippen LogP contribution in [0.1, 0.15) is 63.3 Å². The Kier molecular flexibility index (Phi) is 6.89. The molecule has 0 aromatic heterocycles. The number of hydrogen-bond acceptors (Lipinski definition) is 2. The summed E-state index contributed by atoms with van der Waals surface area (Å²) < 4.78 is 0. The van der Waals surface area contributed by atoms with Gasteiger partial charge in [-0.15, -0.1) is 0 Å². The molecule has 0 heterocycles. The zero-order chi connectivity index (χ0) is 16.0. The van der Waals surface area contributed by atoms with Gasteiger partial charge in [0, 0.05) is 18.1 Å². The SMILES string of the molecule is CCCNC(CN(C)C(C)(C)CC)c1ccc(C)c(C)c1. The highest BCUT2D eigenvalue weighted by molar-refractivity contribution is 5.32. The van der Waals surface area contributed by atoms with Crippen molar-refractivity contribution in [3.05, 3.63) is 34.9 Å². The molecule has 1 aromatic rings. The van der Waals surface area contributed by atoms with Crippen molar-refractivity contribution in [3.8, 4) is 0 Å². The second-order valence-corrected chi connectivity index (χ2v) is 6.90. The van der Waals surface area contributed by atoms with E-state index in [-0.39, 0.29) is 5.54 Å². The Labute approximate surface area is 131 Å². The van der Waals surface area contributed by atoms with Gasteiger partial charge in [0.1, 0.15) is 0 Å². The Balaban J connectivity index is 2.92. The Morgan fingerprint density at radius 1 is 1.14 bits per heavy atom. The first-order valence-corrected chi connectivity index (χ1v) is 8.33. The molecule has 0 aliphatic heterocycles. The molecule has 1 atom stereocenters. The van der Waals surface area contributed by atoms with E-state index >= 15 is 0 Å². The minimum Gasteiger partial charge on any atom is -0.309 e. The molecule has 120 valence electrons. The second-order valence-electron chi connectivity index (χ2n) is 6.90. The van der Waals surface area contributed by atoms with Gasteiger partial charge in [-0.3, -0.25) is 4.90 Å². The molecule has 1 rings (SSSR count). The van der Waals surface area contributed by atoms with Crippen molar-refractivity contribution >= 4 is 0 Å². The normalized spacial score (nSPS) is 13.7. The number of nitrogens with one attached hydrogen (secondary N) is 1. The minimum atomic E-state index is 0.242. The largest absolute Gasteiger partial charge is 0.309 e. The third-order valence-corrected chi connectivity index (χ3v) is 4.93. The van der Waals surface area contributed by atoms with Crippen molar-refractivity contribution in [3.63, 3.8) is 0 Å². The number of likely N-dealkylation sites (N-methyl/N-ethyl adjacent to an activating group) is 1. The van der Waals surface area contributed by atoms with E-state index in [1.54, 1.807) is 0 Å². The average Bonchev–Trinajstić information content (AvgIpc) is 2.46. The molecule has 0 spiro atoms. The van der Waals surface area contributed by atoms with Gasteiger partial charge in [-0.2, -0.15) is 0 Å². The van der Waals surface area contributed by atoms with Crippen molar-refractivity contribution in [2.45, 2.75) is 66.0 Å². The lowest BCUT2D eigenvalue weighted by atomic mass is 9.96. The monoisotopic (exact) mass is 290 g/mol. The number of hydrogen-bond donors (Lipinski definition) is 1. The molecule has 0 bridgehead atoms. The van der Waals surface area contributed by atoms with Gasteiger partial charge >= 0.3 is 0 Å². The van der Waals surface area contributed by atoms with Crippen LogP contribution in [0.15, 0.2) is 18.2 Å². The van der Waals surface area contributed by atoms with Gasteiger partial charge in [0.25, 0.3) is 0 Å². The Hall–Kier alpha value is -0.860. The van der Waals surface area contributed by atoms with Crippen molar-refractivity contribution in [2.24, 2.45) is 0 Å². The molecular formula is C19H34N2. The van der Waals surface area contributed by atoms with Crippen molar-refractivity contribution in [1.82, 2.24) is 10.2 Å². The van der Waals surface area contributed by atoms with Crippen LogP contribution >= 0.6 is 0 Å². The standard InChI is InChI=1S/C19H34N2/c1-8-12-20-18(14-21(7)19(5,6)9-2)17-11-10-15(3)16(4)13-17/h10-11,13,18,20H,8-9,12,14H2,1-7H3. The minimum absolute atomic E-state index is 0.242. The van der Waals surface area contributed by atoms with Gasteiger partial charge in [-0.1, -0.05) is 32.0 Å². The lowest BCUT2D eigenvalue weighted by molar-refractivity contribution is 0.135. The zero-order valence-corrected chi connectivity index (χ0v) is 15.1. The molecule has 0 saturated carbocycles. The molecule has 0 saturated heterocycles. The van der Waals surface area contributed by atoms with Crippen molar-refractivity contribution in [2.75, 3.05) is 20.1 Å². The first kappa shape index (κ1) is 18.2. The van der Waals surface area contributed by atoms with Crippen LogP contribution in [0.25, 0.3) is 0 Å². The quantitative estimate of drug-likeness (QED) is 0.760. The van der Waals surface area contributed by atoms with Crippen molar-refractivity contribution < 1.29 is 0 Å². The topological polar surface area (TPSA) is 15.3 Å². The van der Waals surface area contributed by atoms with Crippen LogP contribution in [-0.4, -0.2) is 30.6 Å². The summed E-state index contributed by atoms with van der Waals surface area (Å²) in [5, 5.41) is 3.72. The first-order valence-electron chi connectivity index (χ1n) is 8.33. The summed E-state index contributed by atoms with van der Waals surface area (Å²) >= 11 is 0. The van der Waals surface area contributed by atoms with E-state index < -0.39 is 0 Å². The summed E-state index contributed by atoms with van der Waals surface area (Å²) in [4.78, 5) is 2.48. The maximum Gasteiger partial charge on any atom is 0.0449 e. The van der Waals surface area contributed by atoms with E-state index in [9.17, 15) is 0 Å². The van der Waals surface area contributed by atoms with Crippen LogP contribution < -0.4 is 5.32 Å². The van der Waals surface area contributed by atoms with Crippen LogP contribution in [0.5, 0.6) is 0 Å². The van der Waals surface area contributed by atoms with Gasteiger partial charge in [-0.05, 0) is 70.8 Å². The fourth-order valence-corrected chi connectivity index (χ4v) is 2.38. The van der Waals surface area contributed by atoms with Gasteiger partial charge in [0.2, 0.25) is 0 Å². The number of benzene rings is 1. The van der Waals surface area contributed by atoms with E-state index in [4.69, 9.17) is 0 Å². The number of aryl methyl sites for hydroxylation is 2. The lowest BCUT2D eigenvalue weighted by Gasteiger charge is -2.37. The van der Waals surface area contributed by atoms with Gasteiger partial charge < -0.3 is 5.32 Å². The molecule has 0 fully saturated rings. The maximum absolute atomic E-state index is 3.72. The smallest absolute Gasteiger partial charge is 0.0449 e. The third-order valence-electron chi connectivity index (χ3n) is 4.93. The molecule has 0 radical (unpaired) electrons. The van der Waals surface area contributed by atoms with Gasteiger partial charge in [0.05, 0.1) is 0 Å². The molecule has 1 aromatic carbocycles. The molecule has 0 aliphatic rings. The van der Waals surface area contributed by atoms with E-state index in [0.29, 0.717) is 6.04 Å². The Bertz CT molecular complexity index is 437. The first-order chi connectivity index (χ1) is 9.81. The highest BCUT2D eigenvalue weighted by Crippen LogP contribution is 2.23. The summed E-state index contributed by atoms with van der Waals surface area (Å²) in [6.45, 7) is 15.6. The lowest BCUT2D eigenvalue weighted by Crippen LogP contribution is -2.45. The number of rotatable bonds is 8. The molecule has 2 heteroatoms. The Morgan fingerprint density at radius 2 is 1.81 bits per heavy atom. The Morgan fingerprint density at radius 3 is 2.33 bits per heavy atom. The number of nitrogens with zero attached hydrogens (tertiary/aromatic N) is 1. The fraction of sp³-hybridized carbons (Fsp3) is 0.684. The third kappa shape index (κ3) is 5.12.